The Kier molecular flexibility index (Phi) is 3.23. The van der Waals surface area contributed by atoms with Crippen LogP contribution in [0.1, 0.15) is 44.2 Å². The third-order valence-electron chi connectivity index (χ3n) is 4.95. The fourth-order valence-electron chi connectivity index (χ4n) is 3.05. The predicted molar refractivity (Wildman–Crippen MR) is 96.5 cm³/mol. The fraction of sp³-hybridized carbons (Fsp3) is 0.444. The Morgan fingerprint density at radius 1 is 1.28 bits per heavy atom. The van der Waals surface area contributed by atoms with Crippen LogP contribution in [0.25, 0.3) is 15.9 Å². The highest BCUT2D eigenvalue weighted by Gasteiger charge is 2.29. The van der Waals surface area contributed by atoms with Crippen molar-refractivity contribution in [2.75, 3.05) is 5.32 Å². The van der Waals surface area contributed by atoms with Crippen molar-refractivity contribution in [2.24, 2.45) is 11.8 Å². The van der Waals surface area contributed by atoms with Gasteiger partial charge in [-0.15, -0.1) is 0 Å². The van der Waals surface area contributed by atoms with Crippen LogP contribution >= 0.6 is 0 Å². The Balaban J connectivity index is 1.45. The molecule has 2 saturated carbocycles. The first-order chi connectivity index (χ1) is 12.3. The van der Waals surface area contributed by atoms with Crippen LogP contribution in [0, 0.1) is 17.9 Å². The van der Waals surface area contributed by atoms with Gasteiger partial charge in [0.2, 0.25) is 0 Å². The van der Waals surface area contributed by atoms with Gasteiger partial charge in [0.05, 0.1) is 5.92 Å². The normalized spacial score (nSPS) is 18.0. The molecule has 0 amide bonds. The van der Waals surface area contributed by atoms with Gasteiger partial charge in [0.15, 0.2) is 17.5 Å². The van der Waals surface area contributed by atoms with Crippen LogP contribution in [0.3, 0.4) is 0 Å². The van der Waals surface area contributed by atoms with E-state index in [-0.39, 0.29) is 0 Å². The molecule has 1 atom stereocenters. The maximum atomic E-state index is 4.56. The van der Waals surface area contributed by atoms with Crippen LogP contribution in [0.5, 0.6) is 0 Å². The minimum absolute atomic E-state index is 0.368. The summed E-state index contributed by atoms with van der Waals surface area (Å²) in [5.74, 6) is 3.59. The van der Waals surface area contributed by atoms with Gasteiger partial charge in [0, 0.05) is 28.9 Å². The van der Waals surface area contributed by atoms with E-state index in [1.54, 1.807) is 0 Å². The Labute approximate surface area is 145 Å². The second-order valence-corrected chi connectivity index (χ2v) is 7.09. The molecule has 126 valence electrons. The van der Waals surface area contributed by atoms with Crippen LogP contribution in [-0.4, -0.2) is 25.1 Å². The molecule has 2 aliphatic carbocycles. The van der Waals surface area contributed by atoms with Crippen LogP contribution in [0.15, 0.2) is 18.3 Å². The molecule has 7 heteroatoms. The molecule has 0 aromatic carbocycles. The Morgan fingerprint density at radius 2 is 2.16 bits per heavy atom. The van der Waals surface area contributed by atoms with E-state index in [4.69, 9.17) is 0 Å². The second kappa shape index (κ2) is 5.59. The molecular formula is C18H20N7+. The molecule has 0 radical (unpaired) electrons. The first-order valence-corrected chi connectivity index (χ1v) is 8.90. The van der Waals surface area contributed by atoms with Crippen molar-refractivity contribution < 1.29 is 0 Å². The quantitative estimate of drug-likeness (QED) is 0.663. The van der Waals surface area contributed by atoms with Gasteiger partial charge in [-0.05, 0) is 44.6 Å². The summed E-state index contributed by atoms with van der Waals surface area (Å²) >= 11 is 0. The molecule has 0 spiro atoms. The summed E-state index contributed by atoms with van der Waals surface area (Å²) in [5, 5.41) is 11.5. The smallest absolute Gasteiger partial charge is 0.346 e. The second-order valence-electron chi connectivity index (χ2n) is 7.09. The number of H-pyrrole nitrogens is 2. The number of nitrogens with one attached hydrogen (secondary N) is 3. The monoisotopic (exact) mass is 334 g/mol. The summed E-state index contributed by atoms with van der Waals surface area (Å²) < 4.78 is 0. The number of rotatable bonds is 4. The summed E-state index contributed by atoms with van der Waals surface area (Å²) in [4.78, 5) is 16.7. The Morgan fingerprint density at radius 3 is 2.96 bits per heavy atom. The standard InChI is InChI=1S/C18H20N7/c1-10(11-2-3-11)9-20-17-13-6-7-19-16(13)22-18(23-17)21-15-8-14(24-25-15)12-4-5-12/h6-8,10-12H,2-5H2,1H3,(H3,19,21,22,23,24,25)/q+1. The first-order valence-electron chi connectivity index (χ1n) is 8.90. The van der Waals surface area contributed by atoms with Gasteiger partial charge in [-0.1, -0.05) is 0 Å². The van der Waals surface area contributed by atoms with E-state index in [2.05, 4.69) is 48.3 Å². The minimum atomic E-state index is 0.368. The molecule has 0 aliphatic heterocycles. The predicted octanol–water partition coefficient (Wildman–Crippen LogP) is 4.31. The largest absolute Gasteiger partial charge is 0.440 e. The van der Waals surface area contributed by atoms with Gasteiger partial charge >= 0.3 is 11.8 Å². The van der Waals surface area contributed by atoms with Gasteiger partial charge < -0.3 is 4.98 Å². The first kappa shape index (κ1) is 14.5. The van der Waals surface area contributed by atoms with E-state index < -0.39 is 0 Å². The van der Waals surface area contributed by atoms with Crippen molar-refractivity contribution >= 4 is 28.6 Å². The van der Waals surface area contributed by atoms with Crippen molar-refractivity contribution in [2.45, 2.75) is 38.5 Å². The molecule has 3 aromatic rings. The van der Waals surface area contributed by atoms with Gasteiger partial charge in [-0.3, -0.25) is 10.4 Å². The lowest BCUT2D eigenvalue weighted by Gasteiger charge is -1.96. The number of aromatic amines is 2. The fourth-order valence-corrected chi connectivity index (χ4v) is 3.05. The molecule has 3 heterocycles. The van der Waals surface area contributed by atoms with E-state index in [1.165, 1.54) is 31.4 Å². The lowest BCUT2D eigenvalue weighted by Crippen LogP contribution is -1.97. The highest BCUT2D eigenvalue weighted by atomic mass is 15.2. The molecule has 2 fully saturated rings. The summed E-state index contributed by atoms with van der Waals surface area (Å²) in [6.07, 6.45) is 6.89. The SMILES string of the molecule is CC(C#[N+]c1nc(Nc2cc(C3CC3)[nH]n2)nc2[nH]ccc12)C1CC1. The van der Waals surface area contributed by atoms with Crippen LogP contribution in [0.4, 0.5) is 17.6 Å². The lowest BCUT2D eigenvalue weighted by atomic mass is 10.1. The number of fused-ring (bicyclic) bond motifs is 1. The van der Waals surface area contributed by atoms with E-state index in [1.807, 2.05) is 18.3 Å². The molecule has 2 aliphatic rings. The molecule has 0 saturated heterocycles. The van der Waals surface area contributed by atoms with E-state index in [0.717, 1.165) is 22.8 Å². The van der Waals surface area contributed by atoms with Crippen molar-refractivity contribution in [3.63, 3.8) is 0 Å². The molecule has 3 N–H and O–H groups in total. The molecule has 0 bridgehead atoms. The molecule has 5 rings (SSSR count). The van der Waals surface area contributed by atoms with Crippen molar-refractivity contribution in [3.05, 3.63) is 28.9 Å². The van der Waals surface area contributed by atoms with Crippen molar-refractivity contribution in [1.82, 2.24) is 25.1 Å². The summed E-state index contributed by atoms with van der Waals surface area (Å²) in [7, 11) is 0. The average molecular weight is 334 g/mol. The maximum Gasteiger partial charge on any atom is 0.440 e. The van der Waals surface area contributed by atoms with Crippen LogP contribution in [-0.2, 0) is 0 Å². The van der Waals surface area contributed by atoms with Gasteiger partial charge in [-0.2, -0.15) is 14.9 Å². The Hall–Kier alpha value is -2.88. The number of nitrogens with zero attached hydrogens (tertiary/aromatic N) is 4. The zero-order valence-corrected chi connectivity index (χ0v) is 14.1. The maximum absolute atomic E-state index is 4.56. The van der Waals surface area contributed by atoms with Crippen LogP contribution < -0.4 is 5.32 Å². The highest BCUT2D eigenvalue weighted by Crippen LogP contribution is 2.40. The lowest BCUT2D eigenvalue weighted by molar-refractivity contribution is 0.649. The topological polar surface area (TPSA) is 86.6 Å². The number of hydrogen-bond donors (Lipinski definition) is 3. The minimum Gasteiger partial charge on any atom is -0.346 e. The molecular weight excluding hydrogens is 314 g/mol. The number of anilines is 2. The Bertz CT molecular complexity index is 982. The third-order valence-corrected chi connectivity index (χ3v) is 4.95. The summed E-state index contributed by atoms with van der Waals surface area (Å²) in [6.45, 7) is 2.17. The summed E-state index contributed by atoms with van der Waals surface area (Å²) in [5.41, 5.74) is 1.93. The summed E-state index contributed by atoms with van der Waals surface area (Å²) in [6, 6.07) is 7.21. The number of hydrogen-bond acceptors (Lipinski definition) is 4. The zero-order chi connectivity index (χ0) is 16.8. The highest BCUT2D eigenvalue weighted by molar-refractivity contribution is 5.89. The van der Waals surface area contributed by atoms with Crippen molar-refractivity contribution in [1.29, 1.82) is 0 Å². The van der Waals surface area contributed by atoms with E-state index in [9.17, 15) is 0 Å². The number of aromatic nitrogens is 5. The zero-order valence-electron chi connectivity index (χ0n) is 14.1. The molecule has 7 nitrogen and oxygen atoms in total. The van der Waals surface area contributed by atoms with Crippen LogP contribution in [0.2, 0.25) is 0 Å². The van der Waals surface area contributed by atoms with Gasteiger partial charge in [-0.25, -0.2) is 0 Å². The van der Waals surface area contributed by atoms with E-state index in [0.29, 0.717) is 23.6 Å². The molecule has 3 aromatic heterocycles. The third kappa shape index (κ3) is 2.95. The van der Waals surface area contributed by atoms with E-state index >= 15 is 0 Å². The molecule has 25 heavy (non-hydrogen) atoms. The van der Waals surface area contributed by atoms with Gasteiger partial charge in [0.1, 0.15) is 5.39 Å². The molecule has 1 unspecified atom stereocenters. The van der Waals surface area contributed by atoms with Crippen molar-refractivity contribution in [3.8, 4) is 6.07 Å². The average Bonchev–Trinajstić information content (AvgIpc) is 3.54. The van der Waals surface area contributed by atoms with Gasteiger partial charge in [0.25, 0.3) is 0 Å².